The maximum absolute atomic E-state index is 5.16. The summed E-state index contributed by atoms with van der Waals surface area (Å²) in [5.41, 5.74) is 19.6. The Morgan fingerprint density at radius 1 is 0.385 bits per heavy atom. The van der Waals surface area contributed by atoms with Crippen LogP contribution in [0.15, 0.2) is 182 Å². The van der Waals surface area contributed by atoms with Gasteiger partial charge in [0.2, 0.25) is 0 Å². The summed E-state index contributed by atoms with van der Waals surface area (Å²) >= 11 is 1.75. The Bertz CT molecular complexity index is 2770. The highest BCUT2D eigenvalue weighted by Gasteiger charge is 2.51. The molecule has 9 aromatic rings. The van der Waals surface area contributed by atoms with Crippen molar-refractivity contribution in [1.29, 1.82) is 0 Å². The van der Waals surface area contributed by atoms with Gasteiger partial charge in [-0.3, -0.25) is 4.98 Å². The van der Waals surface area contributed by atoms with E-state index in [1.54, 1.807) is 17.5 Å². The van der Waals surface area contributed by atoms with E-state index in [1.165, 1.54) is 77.0 Å². The second-order valence-electron chi connectivity index (χ2n) is 13.7. The minimum atomic E-state index is -0.347. The van der Waals surface area contributed by atoms with E-state index in [9.17, 15) is 0 Å². The van der Waals surface area contributed by atoms with Gasteiger partial charge in [-0.1, -0.05) is 146 Å². The van der Waals surface area contributed by atoms with E-state index < -0.39 is 0 Å². The van der Waals surface area contributed by atoms with Crippen molar-refractivity contribution < 1.29 is 0 Å². The highest BCUT2D eigenvalue weighted by Crippen LogP contribution is 2.63. The topological polar surface area (TPSA) is 25.8 Å². The molecule has 2 aliphatic carbocycles. The number of benzene rings is 7. The van der Waals surface area contributed by atoms with Gasteiger partial charge in [-0.25, -0.2) is 4.98 Å². The van der Waals surface area contributed by atoms with Crippen LogP contribution in [0.5, 0.6) is 0 Å². The van der Waals surface area contributed by atoms with Crippen molar-refractivity contribution >= 4 is 21.6 Å². The number of thiazole rings is 1. The first-order valence-electron chi connectivity index (χ1n) is 17.7. The first kappa shape index (κ1) is 29.3. The fourth-order valence-corrected chi connectivity index (χ4v) is 9.65. The monoisotopic (exact) mass is 678 g/mol. The number of rotatable bonds is 4. The maximum Gasteiger partial charge on any atom is 0.124 e. The molecular formula is C49H30N2S. The lowest BCUT2D eigenvalue weighted by molar-refractivity contribution is 0.794. The lowest BCUT2D eigenvalue weighted by atomic mass is 9.70. The molecule has 52 heavy (non-hydrogen) atoms. The van der Waals surface area contributed by atoms with Crippen LogP contribution in [0.3, 0.4) is 0 Å². The summed E-state index contributed by atoms with van der Waals surface area (Å²) in [5, 5.41) is 1.04. The van der Waals surface area contributed by atoms with E-state index >= 15 is 0 Å². The molecule has 7 aromatic carbocycles. The van der Waals surface area contributed by atoms with Crippen molar-refractivity contribution in [2.24, 2.45) is 0 Å². The van der Waals surface area contributed by atoms with Gasteiger partial charge in [0.1, 0.15) is 5.01 Å². The molecule has 0 N–H and O–H groups in total. The molecule has 0 bridgehead atoms. The molecule has 1 spiro atoms. The summed E-state index contributed by atoms with van der Waals surface area (Å²) in [5.74, 6) is 0. The minimum Gasteiger partial charge on any atom is -0.264 e. The van der Waals surface area contributed by atoms with E-state index in [0.29, 0.717) is 0 Å². The number of hydrogen-bond donors (Lipinski definition) is 0. The molecule has 0 radical (unpaired) electrons. The Kier molecular flexibility index (Phi) is 6.37. The van der Waals surface area contributed by atoms with Gasteiger partial charge in [-0.2, -0.15) is 0 Å². The third kappa shape index (κ3) is 4.24. The lowest BCUT2D eigenvalue weighted by Gasteiger charge is -2.30. The predicted molar refractivity (Wildman–Crippen MR) is 215 cm³/mol. The van der Waals surface area contributed by atoms with Gasteiger partial charge in [-0.05, 0) is 102 Å². The van der Waals surface area contributed by atoms with E-state index in [4.69, 9.17) is 4.98 Å². The molecule has 2 aromatic heterocycles. The standard InChI is InChI=1S/C49H30N2S/c1-4-12-42-38(9-1)39-10-2-5-13-43(39)49(42)44-14-6-3-11-40(44)41-25-23-35(28-45(41)49)36-24-26-47-46(29-36)51-48(52-47)34-21-19-32(20-22-34)31-15-17-33(18-16-31)37-8-7-27-50-30-37/h1-30H. The third-order valence-corrected chi connectivity index (χ3v) is 12.1. The molecule has 0 aliphatic heterocycles. The van der Waals surface area contributed by atoms with Crippen LogP contribution < -0.4 is 0 Å². The predicted octanol–water partition coefficient (Wildman–Crippen LogP) is 12.7. The zero-order valence-corrected chi connectivity index (χ0v) is 28.9. The van der Waals surface area contributed by atoms with Crippen LogP contribution in [0.25, 0.3) is 76.4 Å². The zero-order valence-electron chi connectivity index (χ0n) is 28.1. The Balaban J connectivity index is 0.957. The summed E-state index contributed by atoms with van der Waals surface area (Å²) in [6, 6.07) is 62.3. The molecule has 3 heteroatoms. The molecule has 2 nitrogen and oxygen atoms in total. The molecule has 11 rings (SSSR count). The molecule has 0 saturated carbocycles. The zero-order chi connectivity index (χ0) is 34.2. The van der Waals surface area contributed by atoms with Crippen molar-refractivity contribution in [3.8, 4) is 66.2 Å². The normalized spacial score (nSPS) is 13.2. The largest absolute Gasteiger partial charge is 0.264 e. The quantitative estimate of drug-likeness (QED) is 0.185. The van der Waals surface area contributed by atoms with Gasteiger partial charge in [0.05, 0.1) is 15.6 Å². The molecule has 2 heterocycles. The van der Waals surface area contributed by atoms with Crippen LogP contribution >= 0.6 is 11.3 Å². The molecular weight excluding hydrogens is 649 g/mol. The molecule has 0 atom stereocenters. The molecule has 2 aliphatic rings. The van der Waals surface area contributed by atoms with Crippen molar-refractivity contribution in [2.75, 3.05) is 0 Å². The van der Waals surface area contributed by atoms with Gasteiger partial charge < -0.3 is 0 Å². The van der Waals surface area contributed by atoms with Gasteiger partial charge >= 0.3 is 0 Å². The average Bonchev–Trinajstić information content (AvgIpc) is 3.88. The Morgan fingerprint density at radius 2 is 0.885 bits per heavy atom. The van der Waals surface area contributed by atoms with E-state index in [-0.39, 0.29) is 5.41 Å². The second kappa shape index (κ2) is 11.3. The summed E-state index contributed by atoms with van der Waals surface area (Å²) in [6.45, 7) is 0. The van der Waals surface area contributed by atoms with Crippen molar-refractivity contribution in [3.63, 3.8) is 0 Å². The number of fused-ring (bicyclic) bond motifs is 11. The van der Waals surface area contributed by atoms with Crippen LogP contribution in [-0.2, 0) is 5.41 Å². The first-order chi connectivity index (χ1) is 25.8. The summed E-state index contributed by atoms with van der Waals surface area (Å²) < 4.78 is 1.19. The van der Waals surface area contributed by atoms with Crippen molar-refractivity contribution in [2.45, 2.75) is 5.41 Å². The average molecular weight is 679 g/mol. The second-order valence-corrected chi connectivity index (χ2v) is 14.8. The van der Waals surface area contributed by atoms with Crippen LogP contribution in [0, 0.1) is 0 Å². The van der Waals surface area contributed by atoms with Crippen molar-refractivity contribution in [1.82, 2.24) is 9.97 Å². The summed E-state index contributed by atoms with van der Waals surface area (Å²) in [4.78, 5) is 9.42. The Hall–Kier alpha value is -6.42. The van der Waals surface area contributed by atoms with Crippen molar-refractivity contribution in [3.05, 3.63) is 205 Å². The van der Waals surface area contributed by atoms with Crippen LogP contribution in [0.1, 0.15) is 22.3 Å². The van der Waals surface area contributed by atoms with E-state index in [1.807, 2.05) is 12.3 Å². The lowest BCUT2D eigenvalue weighted by Crippen LogP contribution is -2.25. The first-order valence-corrected chi connectivity index (χ1v) is 18.5. The molecule has 0 fully saturated rings. The molecule has 0 saturated heterocycles. The maximum atomic E-state index is 5.16. The van der Waals surface area contributed by atoms with Gasteiger partial charge in [0.15, 0.2) is 0 Å². The highest BCUT2D eigenvalue weighted by atomic mass is 32.1. The molecule has 0 unspecified atom stereocenters. The molecule has 0 amide bonds. The smallest absolute Gasteiger partial charge is 0.124 e. The van der Waals surface area contributed by atoms with Gasteiger partial charge in [0.25, 0.3) is 0 Å². The van der Waals surface area contributed by atoms with Crippen LogP contribution in [0.4, 0.5) is 0 Å². The number of aromatic nitrogens is 2. The van der Waals surface area contributed by atoms with Gasteiger partial charge in [0, 0.05) is 18.0 Å². The van der Waals surface area contributed by atoms with E-state index in [0.717, 1.165) is 21.7 Å². The van der Waals surface area contributed by atoms with E-state index in [2.05, 4.69) is 169 Å². The number of nitrogens with zero attached hydrogens (tertiary/aromatic N) is 2. The van der Waals surface area contributed by atoms with Gasteiger partial charge in [-0.15, -0.1) is 11.3 Å². The minimum absolute atomic E-state index is 0.347. The highest BCUT2D eigenvalue weighted by molar-refractivity contribution is 7.21. The van der Waals surface area contributed by atoms with Crippen LogP contribution in [-0.4, -0.2) is 9.97 Å². The fraction of sp³-hybridized carbons (Fsp3) is 0.0204. The fourth-order valence-electron chi connectivity index (χ4n) is 8.70. The Labute approximate surface area is 306 Å². The number of pyridine rings is 1. The molecule has 242 valence electrons. The Morgan fingerprint density at radius 3 is 1.48 bits per heavy atom. The SMILES string of the molecule is c1cncc(-c2ccc(-c3ccc(-c4nc5cc(-c6ccc7c(c6)C6(c8ccccc8-c8ccccc86)c6ccccc6-7)ccc5s4)cc3)cc2)c1. The summed E-state index contributed by atoms with van der Waals surface area (Å²) in [7, 11) is 0. The third-order valence-electron chi connectivity index (χ3n) is 11.1. The van der Waals surface area contributed by atoms with Crippen LogP contribution in [0.2, 0.25) is 0 Å². The number of hydrogen-bond acceptors (Lipinski definition) is 3. The summed E-state index contributed by atoms with van der Waals surface area (Å²) in [6.07, 6.45) is 3.71.